The fraction of sp³-hybridized carbons (Fsp3) is 0.412. The van der Waals surface area contributed by atoms with Gasteiger partial charge in [-0.2, -0.15) is 5.26 Å². The second-order valence-electron chi connectivity index (χ2n) is 5.58. The van der Waals surface area contributed by atoms with Gasteiger partial charge >= 0.3 is 17.9 Å². The number of benzene rings is 1. The first-order chi connectivity index (χ1) is 12.0. The van der Waals surface area contributed by atoms with E-state index in [1.165, 1.54) is 0 Å². The summed E-state index contributed by atoms with van der Waals surface area (Å²) < 4.78 is 4.93. The van der Waals surface area contributed by atoms with Gasteiger partial charge in [-0.3, -0.25) is 9.59 Å². The van der Waals surface area contributed by atoms with Crippen LogP contribution in [0.15, 0.2) is 24.3 Å². The van der Waals surface area contributed by atoms with Gasteiger partial charge in [0.25, 0.3) is 0 Å². The van der Waals surface area contributed by atoms with E-state index in [-0.39, 0.29) is 12.1 Å². The summed E-state index contributed by atoms with van der Waals surface area (Å²) in [7, 11) is 0. The molecule has 0 atom stereocenters. The van der Waals surface area contributed by atoms with Crippen LogP contribution in [0.25, 0.3) is 0 Å². The molecule has 0 spiro atoms. The summed E-state index contributed by atoms with van der Waals surface area (Å²) in [4.78, 5) is 37.1. The Balaban J connectivity index is 1.79. The minimum absolute atomic E-state index is 0.162. The van der Waals surface area contributed by atoms with Crippen molar-refractivity contribution in [2.24, 2.45) is 0 Å². The Bertz CT molecular complexity index is 673. The van der Waals surface area contributed by atoms with Crippen molar-refractivity contribution >= 4 is 23.6 Å². The standard InChI is InChI=1S/C17H20N4O4/c1-2-25-17(24)21-9-7-14(8-10-21)20-16(23)15(22)19-13-5-3-12(11-18)4-6-13/h3-6,14H,2,7-10H2,1H3,(H,19,22)(H,20,23). The van der Waals surface area contributed by atoms with Crippen molar-refractivity contribution in [3.63, 3.8) is 0 Å². The molecule has 0 aliphatic carbocycles. The van der Waals surface area contributed by atoms with Crippen LogP contribution in [0, 0.1) is 11.3 Å². The highest BCUT2D eigenvalue weighted by atomic mass is 16.6. The average Bonchev–Trinajstić information content (AvgIpc) is 2.63. The van der Waals surface area contributed by atoms with Crippen LogP contribution in [0.2, 0.25) is 0 Å². The number of ether oxygens (including phenoxy) is 1. The highest BCUT2D eigenvalue weighted by Gasteiger charge is 2.26. The van der Waals surface area contributed by atoms with Crippen molar-refractivity contribution in [3.05, 3.63) is 29.8 Å². The second kappa shape index (κ2) is 8.68. The predicted molar refractivity (Wildman–Crippen MR) is 89.5 cm³/mol. The van der Waals surface area contributed by atoms with Gasteiger partial charge in [0.1, 0.15) is 0 Å². The van der Waals surface area contributed by atoms with Gasteiger partial charge < -0.3 is 20.3 Å². The molecule has 0 unspecified atom stereocenters. The number of nitrogens with zero attached hydrogens (tertiary/aromatic N) is 2. The maximum Gasteiger partial charge on any atom is 0.409 e. The number of hydrogen-bond acceptors (Lipinski definition) is 5. The number of likely N-dealkylation sites (tertiary alicyclic amines) is 1. The van der Waals surface area contributed by atoms with Gasteiger partial charge in [-0.15, -0.1) is 0 Å². The molecule has 2 N–H and O–H groups in total. The number of anilines is 1. The summed E-state index contributed by atoms with van der Waals surface area (Å²) in [6, 6.07) is 8.04. The largest absolute Gasteiger partial charge is 0.450 e. The molecule has 1 heterocycles. The van der Waals surface area contributed by atoms with E-state index < -0.39 is 11.8 Å². The lowest BCUT2D eigenvalue weighted by Crippen LogP contribution is -2.49. The molecule has 3 amide bonds. The summed E-state index contributed by atoms with van der Waals surface area (Å²) in [5, 5.41) is 13.9. The highest BCUT2D eigenvalue weighted by Crippen LogP contribution is 2.12. The lowest BCUT2D eigenvalue weighted by Gasteiger charge is -2.31. The predicted octanol–water partition coefficient (Wildman–Crippen LogP) is 1.23. The monoisotopic (exact) mass is 344 g/mol. The molecular weight excluding hydrogens is 324 g/mol. The number of hydrogen-bond donors (Lipinski definition) is 2. The van der Waals surface area contributed by atoms with E-state index in [2.05, 4.69) is 10.6 Å². The van der Waals surface area contributed by atoms with Gasteiger partial charge in [0, 0.05) is 24.8 Å². The summed E-state index contributed by atoms with van der Waals surface area (Å²) in [6.07, 6.45) is 0.773. The third-order valence-electron chi connectivity index (χ3n) is 3.83. The van der Waals surface area contributed by atoms with Crippen molar-refractivity contribution < 1.29 is 19.1 Å². The minimum atomic E-state index is -0.766. The minimum Gasteiger partial charge on any atom is -0.450 e. The lowest BCUT2D eigenvalue weighted by atomic mass is 10.1. The first-order valence-electron chi connectivity index (χ1n) is 8.07. The van der Waals surface area contributed by atoms with E-state index >= 15 is 0 Å². The first-order valence-corrected chi connectivity index (χ1v) is 8.07. The Morgan fingerprint density at radius 2 is 1.84 bits per heavy atom. The molecule has 1 aromatic rings. The van der Waals surface area contributed by atoms with Gasteiger partial charge in [-0.05, 0) is 44.0 Å². The van der Waals surface area contributed by atoms with Crippen LogP contribution in [0.5, 0.6) is 0 Å². The number of piperidine rings is 1. The Morgan fingerprint density at radius 1 is 1.20 bits per heavy atom. The summed E-state index contributed by atoms with van der Waals surface area (Å²) in [5.74, 6) is -1.49. The van der Waals surface area contributed by atoms with Crippen LogP contribution in [-0.2, 0) is 14.3 Å². The molecule has 0 radical (unpaired) electrons. The van der Waals surface area contributed by atoms with Gasteiger partial charge in [-0.25, -0.2) is 4.79 Å². The van der Waals surface area contributed by atoms with Crippen molar-refractivity contribution in [1.29, 1.82) is 5.26 Å². The van der Waals surface area contributed by atoms with E-state index in [0.717, 1.165) is 0 Å². The molecule has 1 aliphatic heterocycles. The summed E-state index contributed by atoms with van der Waals surface area (Å²) in [5.41, 5.74) is 0.909. The molecule has 132 valence electrons. The van der Waals surface area contributed by atoms with Crippen LogP contribution in [-0.4, -0.2) is 48.5 Å². The van der Waals surface area contributed by atoms with Gasteiger partial charge in [0.15, 0.2) is 0 Å². The maximum absolute atomic E-state index is 12.0. The fourth-order valence-corrected chi connectivity index (χ4v) is 2.49. The molecule has 1 saturated heterocycles. The Labute approximate surface area is 145 Å². The molecule has 8 nitrogen and oxygen atoms in total. The number of nitrogens with one attached hydrogen (secondary N) is 2. The third-order valence-corrected chi connectivity index (χ3v) is 3.83. The second-order valence-corrected chi connectivity index (χ2v) is 5.58. The van der Waals surface area contributed by atoms with Crippen LogP contribution in [0.3, 0.4) is 0 Å². The Morgan fingerprint density at radius 3 is 2.40 bits per heavy atom. The first kappa shape index (κ1) is 18.3. The number of nitriles is 1. The van der Waals surface area contributed by atoms with Crippen LogP contribution in [0.4, 0.5) is 10.5 Å². The average molecular weight is 344 g/mol. The molecular formula is C17H20N4O4. The van der Waals surface area contributed by atoms with E-state index in [1.807, 2.05) is 6.07 Å². The van der Waals surface area contributed by atoms with Crippen molar-refractivity contribution in [1.82, 2.24) is 10.2 Å². The SMILES string of the molecule is CCOC(=O)N1CCC(NC(=O)C(=O)Nc2ccc(C#N)cc2)CC1. The molecule has 0 aromatic heterocycles. The molecule has 25 heavy (non-hydrogen) atoms. The zero-order valence-corrected chi connectivity index (χ0v) is 13.9. The van der Waals surface area contributed by atoms with E-state index in [1.54, 1.807) is 36.1 Å². The highest BCUT2D eigenvalue weighted by molar-refractivity contribution is 6.39. The van der Waals surface area contributed by atoms with Crippen molar-refractivity contribution in [2.45, 2.75) is 25.8 Å². The molecule has 1 fully saturated rings. The van der Waals surface area contributed by atoms with Gasteiger partial charge in [0.2, 0.25) is 0 Å². The normalized spacial score (nSPS) is 14.3. The Hall–Kier alpha value is -3.08. The summed E-state index contributed by atoms with van der Waals surface area (Å²) >= 11 is 0. The van der Waals surface area contributed by atoms with Crippen molar-refractivity contribution in [3.8, 4) is 6.07 Å². The lowest BCUT2D eigenvalue weighted by molar-refractivity contribution is -0.136. The zero-order chi connectivity index (χ0) is 18.2. The van der Waals surface area contributed by atoms with Crippen LogP contribution < -0.4 is 10.6 Å². The van der Waals surface area contributed by atoms with E-state index in [0.29, 0.717) is 43.8 Å². The van der Waals surface area contributed by atoms with E-state index in [4.69, 9.17) is 10.00 Å². The Kier molecular flexibility index (Phi) is 6.34. The molecule has 0 saturated carbocycles. The maximum atomic E-state index is 12.0. The number of carbonyl (C=O) groups excluding carboxylic acids is 3. The molecule has 0 bridgehead atoms. The van der Waals surface area contributed by atoms with Crippen LogP contribution >= 0.6 is 0 Å². The zero-order valence-electron chi connectivity index (χ0n) is 13.9. The molecule has 1 aliphatic rings. The molecule has 1 aromatic carbocycles. The van der Waals surface area contributed by atoms with Crippen molar-refractivity contribution in [2.75, 3.05) is 25.0 Å². The number of amides is 3. The van der Waals surface area contributed by atoms with Gasteiger partial charge in [-0.1, -0.05) is 0 Å². The number of rotatable bonds is 3. The fourth-order valence-electron chi connectivity index (χ4n) is 2.49. The van der Waals surface area contributed by atoms with Gasteiger partial charge in [0.05, 0.1) is 18.2 Å². The van der Waals surface area contributed by atoms with E-state index in [9.17, 15) is 14.4 Å². The smallest absolute Gasteiger partial charge is 0.409 e. The van der Waals surface area contributed by atoms with Crippen LogP contribution in [0.1, 0.15) is 25.3 Å². The quantitative estimate of drug-likeness (QED) is 0.801. The third kappa shape index (κ3) is 5.21. The molecule has 2 rings (SSSR count). The summed E-state index contributed by atoms with van der Waals surface area (Å²) in [6.45, 7) is 3.02. The number of carbonyl (C=O) groups is 3. The topological polar surface area (TPSA) is 112 Å². The molecule has 8 heteroatoms.